The third-order valence-corrected chi connectivity index (χ3v) is 0.500. The molecule has 0 saturated carbocycles. The van der Waals surface area contributed by atoms with Crippen molar-refractivity contribution in [2.24, 2.45) is 0 Å². The molecule has 0 rings (SSSR count). The standard InChI is InChI=1S/C4H10.C3H8O.H3N/c1-3-4-2;1-3(2)4;/h3-4H2,1-2H3;3-4H,1-2H3;1H3. The van der Waals surface area contributed by atoms with Crippen molar-refractivity contribution in [3.05, 3.63) is 0 Å². The summed E-state index contributed by atoms with van der Waals surface area (Å²) in [5.74, 6) is 0. The Kier molecular flexibility index (Phi) is 27.8. The van der Waals surface area contributed by atoms with E-state index in [9.17, 15) is 0 Å². The van der Waals surface area contributed by atoms with Gasteiger partial charge in [0.25, 0.3) is 0 Å². The summed E-state index contributed by atoms with van der Waals surface area (Å²) in [6, 6.07) is 0. The molecule has 0 spiro atoms. The first-order valence-electron chi connectivity index (χ1n) is 3.33. The third kappa shape index (κ3) is 328. The Morgan fingerprint density at radius 2 is 1.22 bits per heavy atom. The molecule has 2 heteroatoms. The highest BCUT2D eigenvalue weighted by Crippen LogP contribution is 1.76. The van der Waals surface area contributed by atoms with E-state index in [2.05, 4.69) is 13.8 Å². The lowest BCUT2D eigenvalue weighted by Crippen LogP contribution is -1.85. The topological polar surface area (TPSA) is 55.2 Å². The Bertz CT molecular complexity index is 25.3. The molecule has 0 atom stereocenters. The van der Waals surface area contributed by atoms with Crippen LogP contribution in [0.25, 0.3) is 0 Å². The summed E-state index contributed by atoms with van der Waals surface area (Å²) in [7, 11) is 0. The summed E-state index contributed by atoms with van der Waals surface area (Å²) in [5, 5.41) is 8.06. The molecule has 0 aromatic heterocycles. The molecule has 0 fully saturated rings. The van der Waals surface area contributed by atoms with Crippen LogP contribution < -0.4 is 6.15 Å². The predicted octanol–water partition coefficient (Wildman–Crippen LogP) is 2.36. The molecule has 0 saturated heterocycles. The summed E-state index contributed by atoms with van der Waals surface area (Å²) >= 11 is 0. The smallest absolute Gasteiger partial charge is 0.0483 e. The summed E-state index contributed by atoms with van der Waals surface area (Å²) in [4.78, 5) is 0. The molecular weight excluding hydrogens is 114 g/mol. The van der Waals surface area contributed by atoms with E-state index < -0.39 is 0 Å². The Morgan fingerprint density at radius 1 is 1.11 bits per heavy atom. The minimum absolute atomic E-state index is 0. The molecule has 0 aliphatic carbocycles. The number of aliphatic hydroxyl groups is 1. The Hall–Kier alpha value is -0.0800. The quantitative estimate of drug-likeness (QED) is 0.580. The molecule has 0 amide bonds. The number of unbranched alkanes of at least 4 members (excludes halogenated alkanes) is 1. The molecule has 0 aromatic rings. The van der Waals surface area contributed by atoms with Gasteiger partial charge in [0.15, 0.2) is 0 Å². The van der Waals surface area contributed by atoms with Gasteiger partial charge in [-0.15, -0.1) is 0 Å². The molecule has 0 radical (unpaired) electrons. The van der Waals surface area contributed by atoms with Crippen molar-refractivity contribution in [2.75, 3.05) is 0 Å². The van der Waals surface area contributed by atoms with Gasteiger partial charge in [-0.25, -0.2) is 0 Å². The highest BCUT2D eigenvalue weighted by molar-refractivity contribution is 4.20. The molecule has 0 aliphatic rings. The van der Waals surface area contributed by atoms with Crippen LogP contribution in [0.4, 0.5) is 0 Å². The number of hydrogen-bond donors (Lipinski definition) is 2. The Morgan fingerprint density at radius 3 is 1.22 bits per heavy atom. The van der Waals surface area contributed by atoms with E-state index in [0.29, 0.717) is 0 Å². The Labute approximate surface area is 58.9 Å². The lowest BCUT2D eigenvalue weighted by molar-refractivity contribution is 0.216. The zero-order chi connectivity index (χ0) is 6.99. The second-order valence-electron chi connectivity index (χ2n) is 2.09. The van der Waals surface area contributed by atoms with E-state index in [1.54, 1.807) is 13.8 Å². The number of hydrogen-bond acceptors (Lipinski definition) is 2. The number of aliphatic hydroxyl groups excluding tert-OH is 1. The van der Waals surface area contributed by atoms with Crippen LogP contribution in [0.1, 0.15) is 40.5 Å². The average molecular weight is 135 g/mol. The second kappa shape index (κ2) is 15.7. The minimum atomic E-state index is -0.167. The van der Waals surface area contributed by atoms with E-state index in [0.717, 1.165) is 0 Å². The van der Waals surface area contributed by atoms with Crippen LogP contribution in [0, 0.1) is 0 Å². The lowest BCUT2D eigenvalue weighted by atomic mass is 10.4. The minimum Gasteiger partial charge on any atom is -0.394 e. The van der Waals surface area contributed by atoms with Gasteiger partial charge in [0.1, 0.15) is 0 Å². The first-order valence-corrected chi connectivity index (χ1v) is 3.33. The van der Waals surface area contributed by atoms with Gasteiger partial charge in [0, 0.05) is 6.10 Å². The molecule has 60 valence electrons. The fourth-order valence-electron chi connectivity index (χ4n) is 0. The van der Waals surface area contributed by atoms with Crippen molar-refractivity contribution in [1.82, 2.24) is 6.15 Å². The molecule has 0 unspecified atom stereocenters. The van der Waals surface area contributed by atoms with E-state index in [1.165, 1.54) is 12.8 Å². The monoisotopic (exact) mass is 135 g/mol. The fourth-order valence-corrected chi connectivity index (χ4v) is 0. The molecule has 0 aliphatic heterocycles. The predicted molar refractivity (Wildman–Crippen MR) is 43.0 cm³/mol. The van der Waals surface area contributed by atoms with Crippen LogP contribution in [0.3, 0.4) is 0 Å². The molecule has 0 aromatic carbocycles. The van der Waals surface area contributed by atoms with Crippen LogP contribution >= 0.6 is 0 Å². The zero-order valence-electron chi connectivity index (χ0n) is 7.15. The van der Waals surface area contributed by atoms with Crippen LogP contribution in [0.2, 0.25) is 0 Å². The summed E-state index contributed by atoms with van der Waals surface area (Å²) in [6.07, 6.45) is 2.47. The number of rotatable bonds is 1. The van der Waals surface area contributed by atoms with Crippen LogP contribution in [-0.4, -0.2) is 11.2 Å². The highest BCUT2D eigenvalue weighted by Gasteiger charge is 1.69. The van der Waals surface area contributed by atoms with Gasteiger partial charge >= 0.3 is 0 Å². The van der Waals surface area contributed by atoms with Crippen molar-refractivity contribution in [1.29, 1.82) is 0 Å². The van der Waals surface area contributed by atoms with E-state index >= 15 is 0 Å². The van der Waals surface area contributed by atoms with Crippen LogP contribution in [0.15, 0.2) is 0 Å². The van der Waals surface area contributed by atoms with Crippen LogP contribution in [-0.2, 0) is 0 Å². The maximum atomic E-state index is 8.06. The Balaban J connectivity index is -0.0000000720. The normalized spacial score (nSPS) is 7.33. The molecule has 4 N–H and O–H groups in total. The van der Waals surface area contributed by atoms with Gasteiger partial charge in [-0.1, -0.05) is 26.7 Å². The average Bonchev–Trinajstić information content (AvgIpc) is 1.65. The molecule has 2 nitrogen and oxygen atoms in total. The molecular formula is C7H21NO. The van der Waals surface area contributed by atoms with E-state index in [1.807, 2.05) is 0 Å². The summed E-state index contributed by atoms with van der Waals surface area (Å²) in [5.41, 5.74) is 0. The van der Waals surface area contributed by atoms with Gasteiger partial charge in [0.2, 0.25) is 0 Å². The highest BCUT2D eigenvalue weighted by atomic mass is 16.3. The van der Waals surface area contributed by atoms with Crippen LogP contribution in [0.5, 0.6) is 0 Å². The van der Waals surface area contributed by atoms with E-state index in [4.69, 9.17) is 5.11 Å². The maximum absolute atomic E-state index is 8.06. The lowest BCUT2D eigenvalue weighted by Gasteiger charge is -1.80. The van der Waals surface area contributed by atoms with Crippen molar-refractivity contribution in [2.45, 2.75) is 46.6 Å². The second-order valence-corrected chi connectivity index (χ2v) is 2.09. The van der Waals surface area contributed by atoms with Crippen molar-refractivity contribution in [3.63, 3.8) is 0 Å². The summed E-state index contributed by atoms with van der Waals surface area (Å²) < 4.78 is 0. The molecule has 0 heterocycles. The van der Waals surface area contributed by atoms with Gasteiger partial charge in [-0.3, -0.25) is 0 Å². The van der Waals surface area contributed by atoms with Gasteiger partial charge < -0.3 is 11.3 Å². The SMILES string of the molecule is CC(C)O.CCCC.N. The first-order chi connectivity index (χ1) is 3.65. The van der Waals surface area contributed by atoms with Crippen molar-refractivity contribution >= 4 is 0 Å². The van der Waals surface area contributed by atoms with Crippen molar-refractivity contribution < 1.29 is 5.11 Å². The van der Waals surface area contributed by atoms with E-state index in [-0.39, 0.29) is 12.3 Å². The largest absolute Gasteiger partial charge is 0.394 e. The van der Waals surface area contributed by atoms with Crippen molar-refractivity contribution in [3.8, 4) is 0 Å². The summed E-state index contributed by atoms with van der Waals surface area (Å²) in [6.45, 7) is 7.81. The zero-order valence-corrected chi connectivity index (χ0v) is 7.15. The first kappa shape index (κ1) is 16.0. The molecule has 0 bridgehead atoms. The van der Waals surface area contributed by atoms with Gasteiger partial charge in [0.05, 0.1) is 0 Å². The van der Waals surface area contributed by atoms with Gasteiger partial charge in [-0.05, 0) is 13.8 Å². The maximum Gasteiger partial charge on any atom is 0.0483 e. The van der Waals surface area contributed by atoms with Gasteiger partial charge in [-0.2, -0.15) is 0 Å². The fraction of sp³-hybridized carbons (Fsp3) is 1.00. The third-order valence-electron chi connectivity index (χ3n) is 0.500. The molecule has 9 heavy (non-hydrogen) atoms.